The molecular formula is C20H33N3O3S. The van der Waals surface area contributed by atoms with Crippen LogP contribution >= 0.6 is 0 Å². The quantitative estimate of drug-likeness (QED) is 0.735. The summed E-state index contributed by atoms with van der Waals surface area (Å²) in [5, 5.41) is 3.27. The van der Waals surface area contributed by atoms with E-state index in [1.165, 1.54) is 17.1 Å². The van der Waals surface area contributed by atoms with Gasteiger partial charge in [0.15, 0.2) is 0 Å². The molecule has 0 bridgehead atoms. The summed E-state index contributed by atoms with van der Waals surface area (Å²) >= 11 is 0. The Hall–Kier alpha value is -1.44. The maximum atomic E-state index is 12.6. The SMILES string of the molecule is CCN(CC)S(=O)(=O)c1ccc([C@H](C)NCC(=O)N2CCCCCC2)cc1. The highest BCUT2D eigenvalue weighted by Crippen LogP contribution is 2.19. The molecule has 0 aromatic heterocycles. The lowest BCUT2D eigenvalue weighted by atomic mass is 10.1. The van der Waals surface area contributed by atoms with E-state index >= 15 is 0 Å². The van der Waals surface area contributed by atoms with Gasteiger partial charge in [0.2, 0.25) is 15.9 Å². The zero-order valence-corrected chi connectivity index (χ0v) is 17.6. The Morgan fingerprint density at radius 2 is 1.63 bits per heavy atom. The predicted octanol–water partition coefficient (Wildman–Crippen LogP) is 2.77. The van der Waals surface area contributed by atoms with E-state index < -0.39 is 10.0 Å². The average Bonchev–Trinajstić information content (AvgIpc) is 2.96. The number of rotatable bonds is 8. The third-order valence-electron chi connectivity index (χ3n) is 5.24. The lowest BCUT2D eigenvalue weighted by Crippen LogP contribution is -2.39. The topological polar surface area (TPSA) is 69.7 Å². The number of carbonyl (C=O) groups excluding carboxylic acids is 1. The van der Waals surface area contributed by atoms with E-state index in [0.717, 1.165) is 31.5 Å². The van der Waals surface area contributed by atoms with Crippen LogP contribution < -0.4 is 5.32 Å². The van der Waals surface area contributed by atoms with Crippen LogP contribution in [-0.2, 0) is 14.8 Å². The molecule has 1 aliphatic rings. The van der Waals surface area contributed by atoms with Crippen LogP contribution in [0.3, 0.4) is 0 Å². The van der Waals surface area contributed by atoms with Crippen molar-refractivity contribution in [2.75, 3.05) is 32.7 Å². The summed E-state index contributed by atoms with van der Waals surface area (Å²) in [5.74, 6) is 0.143. The second-order valence-electron chi connectivity index (χ2n) is 7.06. The van der Waals surface area contributed by atoms with Crippen molar-refractivity contribution in [2.24, 2.45) is 0 Å². The lowest BCUT2D eigenvalue weighted by molar-refractivity contribution is -0.130. The highest BCUT2D eigenvalue weighted by atomic mass is 32.2. The minimum atomic E-state index is -3.44. The summed E-state index contributed by atoms with van der Waals surface area (Å²) in [6, 6.07) is 6.93. The molecule has 2 rings (SSSR count). The van der Waals surface area contributed by atoms with Gasteiger partial charge in [-0.2, -0.15) is 4.31 Å². The first-order chi connectivity index (χ1) is 12.9. The molecule has 1 heterocycles. The largest absolute Gasteiger partial charge is 0.342 e. The molecule has 1 aromatic rings. The smallest absolute Gasteiger partial charge is 0.243 e. The Morgan fingerprint density at radius 3 is 2.15 bits per heavy atom. The number of sulfonamides is 1. The molecule has 0 aliphatic carbocycles. The van der Waals surface area contributed by atoms with Crippen molar-refractivity contribution >= 4 is 15.9 Å². The Bertz CT molecular complexity index is 692. The molecule has 0 unspecified atom stereocenters. The van der Waals surface area contributed by atoms with Gasteiger partial charge in [-0.05, 0) is 37.5 Å². The molecule has 1 fully saturated rings. The maximum Gasteiger partial charge on any atom is 0.243 e. The van der Waals surface area contributed by atoms with Gasteiger partial charge >= 0.3 is 0 Å². The maximum absolute atomic E-state index is 12.6. The first kappa shape index (κ1) is 21.9. The van der Waals surface area contributed by atoms with E-state index in [-0.39, 0.29) is 11.9 Å². The van der Waals surface area contributed by atoms with Crippen molar-refractivity contribution in [1.82, 2.24) is 14.5 Å². The molecule has 7 heteroatoms. The third kappa shape index (κ3) is 5.77. The molecule has 6 nitrogen and oxygen atoms in total. The molecule has 1 aliphatic heterocycles. The molecule has 1 saturated heterocycles. The Kier molecular flexibility index (Phi) is 8.26. The van der Waals surface area contributed by atoms with E-state index in [2.05, 4.69) is 5.32 Å². The fourth-order valence-corrected chi connectivity index (χ4v) is 4.89. The van der Waals surface area contributed by atoms with Gasteiger partial charge in [0, 0.05) is 32.2 Å². The number of amides is 1. The second kappa shape index (κ2) is 10.2. The molecule has 1 atom stereocenters. The van der Waals surface area contributed by atoms with Crippen molar-refractivity contribution in [3.8, 4) is 0 Å². The van der Waals surface area contributed by atoms with E-state index in [9.17, 15) is 13.2 Å². The zero-order valence-electron chi connectivity index (χ0n) is 16.8. The number of nitrogens with zero attached hydrogens (tertiary/aromatic N) is 2. The zero-order chi connectivity index (χ0) is 19.9. The lowest BCUT2D eigenvalue weighted by Gasteiger charge is -2.22. The molecule has 1 N–H and O–H groups in total. The average molecular weight is 396 g/mol. The summed E-state index contributed by atoms with van der Waals surface area (Å²) in [6.45, 7) is 8.59. The normalized spacial score (nSPS) is 17.0. The van der Waals surface area contributed by atoms with Crippen LogP contribution in [0.2, 0.25) is 0 Å². The molecule has 1 aromatic carbocycles. The Labute approximate surface area is 164 Å². The van der Waals surface area contributed by atoms with E-state index in [0.29, 0.717) is 24.5 Å². The van der Waals surface area contributed by atoms with Gasteiger partial charge in [0.05, 0.1) is 11.4 Å². The number of hydrogen-bond donors (Lipinski definition) is 1. The van der Waals surface area contributed by atoms with Crippen LogP contribution in [0.25, 0.3) is 0 Å². The number of hydrogen-bond acceptors (Lipinski definition) is 4. The standard InChI is InChI=1S/C20H33N3O3S/c1-4-23(5-2)27(25,26)19-12-10-18(11-13-19)17(3)21-16-20(24)22-14-8-6-7-9-15-22/h10-13,17,21H,4-9,14-16H2,1-3H3/t17-/m0/s1. The summed E-state index contributed by atoms with van der Waals surface area (Å²) in [5.41, 5.74) is 0.970. The highest BCUT2D eigenvalue weighted by Gasteiger charge is 2.22. The minimum Gasteiger partial charge on any atom is -0.342 e. The number of carbonyl (C=O) groups is 1. The molecule has 0 saturated carbocycles. The Morgan fingerprint density at radius 1 is 1.07 bits per heavy atom. The van der Waals surface area contributed by atoms with Crippen molar-refractivity contribution in [1.29, 1.82) is 0 Å². The number of likely N-dealkylation sites (tertiary alicyclic amines) is 1. The first-order valence-electron chi connectivity index (χ1n) is 10.0. The van der Waals surface area contributed by atoms with Crippen molar-refractivity contribution in [3.63, 3.8) is 0 Å². The molecule has 1 amide bonds. The van der Waals surface area contributed by atoms with Crippen molar-refractivity contribution in [2.45, 2.75) is 57.4 Å². The van der Waals surface area contributed by atoms with Gasteiger partial charge in [0.1, 0.15) is 0 Å². The van der Waals surface area contributed by atoms with E-state index in [1.54, 1.807) is 12.1 Å². The van der Waals surface area contributed by atoms with Crippen LogP contribution in [-0.4, -0.2) is 56.3 Å². The van der Waals surface area contributed by atoms with Crippen molar-refractivity contribution in [3.05, 3.63) is 29.8 Å². The van der Waals surface area contributed by atoms with Gasteiger partial charge < -0.3 is 10.2 Å². The second-order valence-corrected chi connectivity index (χ2v) is 8.99. The van der Waals surface area contributed by atoms with Gasteiger partial charge in [-0.1, -0.05) is 38.8 Å². The number of nitrogens with one attached hydrogen (secondary N) is 1. The summed E-state index contributed by atoms with van der Waals surface area (Å²) in [4.78, 5) is 14.7. The van der Waals surface area contributed by atoms with Crippen LogP contribution in [0.4, 0.5) is 0 Å². The minimum absolute atomic E-state index is 0.0221. The monoisotopic (exact) mass is 395 g/mol. The molecule has 152 valence electrons. The van der Waals surface area contributed by atoms with Crippen LogP contribution in [0.1, 0.15) is 58.1 Å². The van der Waals surface area contributed by atoms with Gasteiger partial charge in [0.25, 0.3) is 0 Å². The third-order valence-corrected chi connectivity index (χ3v) is 7.31. The molecule has 27 heavy (non-hydrogen) atoms. The van der Waals surface area contributed by atoms with E-state index in [1.807, 2.05) is 37.8 Å². The van der Waals surface area contributed by atoms with Gasteiger partial charge in [-0.3, -0.25) is 4.79 Å². The number of benzene rings is 1. The predicted molar refractivity (Wildman–Crippen MR) is 108 cm³/mol. The van der Waals surface area contributed by atoms with Crippen LogP contribution in [0, 0.1) is 0 Å². The summed E-state index contributed by atoms with van der Waals surface area (Å²) in [7, 11) is -3.44. The fraction of sp³-hybridized carbons (Fsp3) is 0.650. The fourth-order valence-electron chi connectivity index (χ4n) is 3.43. The van der Waals surface area contributed by atoms with E-state index in [4.69, 9.17) is 0 Å². The Balaban J connectivity index is 1.95. The van der Waals surface area contributed by atoms with Crippen LogP contribution in [0.5, 0.6) is 0 Å². The summed E-state index contributed by atoms with van der Waals surface area (Å²) < 4.78 is 26.6. The van der Waals surface area contributed by atoms with Gasteiger partial charge in [-0.25, -0.2) is 8.42 Å². The van der Waals surface area contributed by atoms with Crippen molar-refractivity contribution < 1.29 is 13.2 Å². The molecule has 0 spiro atoms. The molecular weight excluding hydrogens is 362 g/mol. The first-order valence-corrected chi connectivity index (χ1v) is 11.5. The molecule has 0 radical (unpaired) electrons. The van der Waals surface area contributed by atoms with Crippen LogP contribution in [0.15, 0.2) is 29.2 Å². The summed E-state index contributed by atoms with van der Waals surface area (Å²) in [6.07, 6.45) is 4.58. The van der Waals surface area contributed by atoms with Gasteiger partial charge in [-0.15, -0.1) is 0 Å². The highest BCUT2D eigenvalue weighted by molar-refractivity contribution is 7.89.